The number of hydrogen-bond acceptors (Lipinski definition) is 5. The molecule has 1 saturated carbocycles. The Morgan fingerprint density at radius 3 is 2.40 bits per heavy atom. The quantitative estimate of drug-likeness (QED) is 0.532. The number of benzene rings is 1. The van der Waals surface area contributed by atoms with Gasteiger partial charge in [-0.15, -0.1) is 0 Å². The van der Waals surface area contributed by atoms with Crippen LogP contribution in [0, 0.1) is 0 Å². The molecule has 3 aromatic rings. The van der Waals surface area contributed by atoms with Crippen LogP contribution in [0.15, 0.2) is 36.4 Å². The summed E-state index contributed by atoms with van der Waals surface area (Å²) >= 11 is 0. The molecule has 3 aliphatic rings. The number of halogens is 1. The van der Waals surface area contributed by atoms with Gasteiger partial charge in [-0.05, 0) is 64.7 Å². The summed E-state index contributed by atoms with van der Waals surface area (Å²) in [7, 11) is -0.612. The first kappa shape index (κ1) is 22.7. The molecule has 2 unspecified atom stereocenters. The molecule has 1 aliphatic carbocycles. The molecule has 2 atom stereocenters. The second-order valence-electron chi connectivity index (χ2n) is 11.0. The van der Waals surface area contributed by atoms with Crippen LogP contribution in [0.3, 0.4) is 0 Å². The Morgan fingerprint density at radius 1 is 1.09 bits per heavy atom. The molecule has 9 heteroatoms. The summed E-state index contributed by atoms with van der Waals surface area (Å²) in [6.07, 6.45) is 0.861. The van der Waals surface area contributed by atoms with Crippen LogP contribution in [0.1, 0.15) is 92.9 Å². The van der Waals surface area contributed by atoms with Gasteiger partial charge >= 0.3 is 7.12 Å². The highest BCUT2D eigenvalue weighted by atomic mass is 19.1. The summed E-state index contributed by atoms with van der Waals surface area (Å²) in [6.45, 7) is 9.97. The molecule has 2 aliphatic heterocycles. The molecule has 0 radical (unpaired) electrons. The number of aromatic nitrogens is 3. The lowest BCUT2D eigenvalue weighted by Gasteiger charge is -2.36. The van der Waals surface area contributed by atoms with Crippen molar-refractivity contribution in [3.63, 3.8) is 0 Å². The third kappa shape index (κ3) is 3.59. The summed E-state index contributed by atoms with van der Waals surface area (Å²) in [4.78, 5) is 19.9. The minimum absolute atomic E-state index is 0.0149. The van der Waals surface area contributed by atoms with Crippen LogP contribution in [-0.2, 0) is 9.31 Å². The van der Waals surface area contributed by atoms with Gasteiger partial charge in [-0.2, -0.15) is 5.10 Å². The van der Waals surface area contributed by atoms with E-state index in [-0.39, 0.29) is 18.5 Å². The van der Waals surface area contributed by atoms with Crippen molar-refractivity contribution in [3.8, 4) is 0 Å². The standard InChI is InChI=1S/C26H30BFN4O3/c1-15-17-8-6-7-9-18(17)19(28)14-31(15)24(33)20-12-21(16-10-11-16)32-23(29-20)13-22(30-32)27-34-25(2,3)26(4,5)35-27/h6-9,12-13,15-16,19H,10-11,14H2,1-5H3. The number of hydrogen-bond donors (Lipinski definition) is 0. The van der Waals surface area contributed by atoms with Crippen molar-refractivity contribution in [2.45, 2.75) is 76.8 Å². The van der Waals surface area contributed by atoms with E-state index in [1.54, 1.807) is 11.0 Å². The molecule has 2 aromatic heterocycles. The molecule has 182 valence electrons. The predicted octanol–water partition coefficient (Wildman–Crippen LogP) is 4.13. The smallest absolute Gasteiger partial charge is 0.398 e. The van der Waals surface area contributed by atoms with Gasteiger partial charge in [0.05, 0.1) is 29.4 Å². The zero-order chi connectivity index (χ0) is 24.7. The molecular formula is C26H30BFN4O3. The molecule has 2 fully saturated rings. The van der Waals surface area contributed by atoms with Crippen LogP contribution >= 0.6 is 0 Å². The second-order valence-corrected chi connectivity index (χ2v) is 11.0. The van der Waals surface area contributed by atoms with Gasteiger partial charge < -0.3 is 14.2 Å². The van der Waals surface area contributed by atoms with E-state index in [0.29, 0.717) is 28.4 Å². The van der Waals surface area contributed by atoms with E-state index in [1.165, 1.54) is 0 Å². The van der Waals surface area contributed by atoms with Gasteiger partial charge in [0.15, 0.2) is 5.65 Å². The third-order valence-corrected chi connectivity index (χ3v) is 8.05. The van der Waals surface area contributed by atoms with Gasteiger partial charge in [0, 0.05) is 17.7 Å². The van der Waals surface area contributed by atoms with E-state index in [1.807, 2.05) is 69.5 Å². The Labute approximate surface area is 204 Å². The molecule has 1 saturated heterocycles. The summed E-state index contributed by atoms with van der Waals surface area (Å²) in [5.41, 5.74) is 3.01. The normalized spacial score (nSPS) is 25.2. The highest BCUT2D eigenvalue weighted by molar-refractivity contribution is 6.61. The molecular weight excluding hydrogens is 446 g/mol. The van der Waals surface area contributed by atoms with Crippen molar-refractivity contribution in [2.75, 3.05) is 6.54 Å². The SMILES string of the molecule is CC1c2ccccc2C(F)CN1C(=O)c1cc(C2CC2)n2nc(B3OC(C)(C)C(C)(C)O3)cc2n1. The maximum absolute atomic E-state index is 15.0. The summed E-state index contributed by atoms with van der Waals surface area (Å²) in [5.74, 6) is 0.0592. The largest absolute Gasteiger partial charge is 0.516 e. The van der Waals surface area contributed by atoms with Crippen LogP contribution in [0.2, 0.25) is 0 Å². The number of rotatable bonds is 3. The molecule has 7 nitrogen and oxygen atoms in total. The summed E-state index contributed by atoms with van der Waals surface area (Å²) < 4.78 is 29.2. The Hall–Kier alpha value is -2.78. The molecule has 35 heavy (non-hydrogen) atoms. The fourth-order valence-electron chi connectivity index (χ4n) is 5.05. The van der Waals surface area contributed by atoms with Gasteiger partial charge in [0.1, 0.15) is 11.9 Å². The van der Waals surface area contributed by atoms with Crippen molar-refractivity contribution >= 4 is 24.3 Å². The van der Waals surface area contributed by atoms with Gasteiger partial charge in [-0.3, -0.25) is 4.79 Å². The Morgan fingerprint density at radius 2 is 1.74 bits per heavy atom. The Bertz CT molecular complexity index is 1320. The minimum atomic E-state index is -1.22. The van der Waals surface area contributed by atoms with Crippen molar-refractivity contribution in [1.82, 2.24) is 19.5 Å². The lowest BCUT2D eigenvalue weighted by atomic mass is 9.85. The van der Waals surface area contributed by atoms with Gasteiger partial charge in [0.2, 0.25) is 0 Å². The zero-order valence-corrected chi connectivity index (χ0v) is 20.8. The van der Waals surface area contributed by atoms with Crippen LogP contribution in [0.5, 0.6) is 0 Å². The van der Waals surface area contributed by atoms with Crippen LogP contribution < -0.4 is 5.59 Å². The van der Waals surface area contributed by atoms with Crippen molar-refractivity contribution in [3.05, 3.63) is 58.9 Å². The highest BCUT2D eigenvalue weighted by Crippen LogP contribution is 2.41. The van der Waals surface area contributed by atoms with E-state index in [9.17, 15) is 9.18 Å². The van der Waals surface area contributed by atoms with Gasteiger partial charge in [-0.25, -0.2) is 13.9 Å². The predicted molar refractivity (Wildman–Crippen MR) is 130 cm³/mol. The van der Waals surface area contributed by atoms with Crippen molar-refractivity contribution in [1.29, 1.82) is 0 Å². The molecule has 0 bridgehead atoms. The molecule has 6 rings (SSSR count). The lowest BCUT2D eigenvalue weighted by molar-refractivity contribution is 0.00578. The maximum Gasteiger partial charge on any atom is 0.516 e. The topological polar surface area (TPSA) is 69.0 Å². The minimum Gasteiger partial charge on any atom is -0.398 e. The summed E-state index contributed by atoms with van der Waals surface area (Å²) in [5, 5.41) is 4.78. The molecule has 1 aromatic carbocycles. The lowest BCUT2D eigenvalue weighted by Crippen LogP contribution is -2.41. The van der Waals surface area contributed by atoms with E-state index >= 15 is 0 Å². The number of carbonyl (C=O) groups is 1. The van der Waals surface area contributed by atoms with Gasteiger partial charge in [-0.1, -0.05) is 24.3 Å². The first-order chi connectivity index (χ1) is 16.6. The molecule has 1 amide bonds. The van der Waals surface area contributed by atoms with Gasteiger partial charge in [0.25, 0.3) is 5.91 Å². The zero-order valence-electron chi connectivity index (χ0n) is 20.8. The number of nitrogens with zero attached hydrogens (tertiary/aromatic N) is 4. The first-order valence-corrected chi connectivity index (χ1v) is 12.4. The number of carbonyl (C=O) groups excluding carboxylic acids is 1. The monoisotopic (exact) mass is 476 g/mol. The molecule has 0 N–H and O–H groups in total. The van der Waals surface area contributed by atoms with Crippen molar-refractivity contribution in [2.24, 2.45) is 0 Å². The fourth-order valence-corrected chi connectivity index (χ4v) is 5.05. The average molecular weight is 476 g/mol. The second kappa shape index (κ2) is 7.61. The molecule has 4 heterocycles. The van der Waals surface area contributed by atoms with Crippen molar-refractivity contribution < 1.29 is 18.5 Å². The Kier molecular flexibility index (Phi) is 4.93. The first-order valence-electron chi connectivity index (χ1n) is 12.4. The highest BCUT2D eigenvalue weighted by Gasteiger charge is 2.53. The number of alkyl halides is 1. The third-order valence-electron chi connectivity index (χ3n) is 8.05. The van der Waals surface area contributed by atoms with Crippen LogP contribution in [0.25, 0.3) is 5.65 Å². The van der Waals surface area contributed by atoms with E-state index in [2.05, 4.69) is 4.98 Å². The average Bonchev–Trinajstić information content (AvgIpc) is 3.52. The van der Waals surface area contributed by atoms with E-state index < -0.39 is 24.5 Å². The maximum atomic E-state index is 15.0. The molecule has 0 spiro atoms. The fraction of sp³-hybridized carbons (Fsp3) is 0.500. The number of fused-ring (bicyclic) bond motifs is 2. The Balaban J connectivity index is 1.37. The van der Waals surface area contributed by atoms with Crippen LogP contribution in [-0.4, -0.2) is 50.3 Å². The number of amides is 1. The van der Waals surface area contributed by atoms with Crippen LogP contribution in [0.4, 0.5) is 4.39 Å². The summed E-state index contributed by atoms with van der Waals surface area (Å²) in [6, 6.07) is 10.8. The van der Waals surface area contributed by atoms with E-state index in [4.69, 9.17) is 14.4 Å². The van der Waals surface area contributed by atoms with E-state index in [0.717, 1.165) is 24.1 Å².